The van der Waals surface area contributed by atoms with E-state index in [0.29, 0.717) is 0 Å². The molecule has 4 nitrogen and oxygen atoms in total. The average molecular weight is 311 g/mol. The minimum atomic E-state index is -0.212. The van der Waals surface area contributed by atoms with Crippen molar-refractivity contribution < 1.29 is 4.79 Å². The number of aromatic nitrogens is 2. The summed E-state index contributed by atoms with van der Waals surface area (Å²) in [6.07, 6.45) is 3.78. The predicted octanol–water partition coefficient (Wildman–Crippen LogP) is 3.48. The normalized spacial score (nSPS) is 12.3. The molecule has 0 aliphatic heterocycles. The third-order valence-electron chi connectivity index (χ3n) is 3.51. The molecule has 0 spiro atoms. The Hall–Kier alpha value is -2.27. The van der Waals surface area contributed by atoms with Crippen LogP contribution in [0.5, 0.6) is 0 Å². The van der Waals surface area contributed by atoms with E-state index in [0.717, 1.165) is 16.4 Å². The average Bonchev–Trinajstić information content (AvgIpc) is 2.97. The van der Waals surface area contributed by atoms with E-state index in [1.807, 2.05) is 72.2 Å². The standard InChI is InChI=1S/C17H17N3OS/c1-13(16(21)19(2)14-8-4-3-5-9-14)22-17-18-12-15-10-6-7-11-20(15)17/h3-13H,1-2H3/t13-/m0/s1. The number of carbonyl (C=O) groups is 1. The Morgan fingerprint density at radius 2 is 1.91 bits per heavy atom. The third kappa shape index (κ3) is 2.85. The van der Waals surface area contributed by atoms with Crippen LogP contribution in [-0.4, -0.2) is 27.6 Å². The van der Waals surface area contributed by atoms with Crippen LogP contribution in [0.4, 0.5) is 5.69 Å². The van der Waals surface area contributed by atoms with Crippen LogP contribution in [0.2, 0.25) is 0 Å². The second-order valence-corrected chi connectivity index (χ2v) is 6.34. The Labute approximate surface area is 133 Å². The van der Waals surface area contributed by atoms with Crippen molar-refractivity contribution in [1.82, 2.24) is 9.38 Å². The van der Waals surface area contributed by atoms with E-state index in [9.17, 15) is 4.79 Å². The van der Waals surface area contributed by atoms with E-state index in [1.54, 1.807) is 11.9 Å². The van der Waals surface area contributed by atoms with Crippen LogP contribution in [-0.2, 0) is 4.79 Å². The van der Waals surface area contributed by atoms with Crippen molar-refractivity contribution >= 4 is 28.9 Å². The van der Waals surface area contributed by atoms with Gasteiger partial charge in [0.05, 0.1) is 17.0 Å². The fraction of sp³-hybridized carbons (Fsp3) is 0.176. The highest BCUT2D eigenvalue weighted by Crippen LogP contribution is 2.25. The molecule has 0 N–H and O–H groups in total. The van der Waals surface area contributed by atoms with Crippen molar-refractivity contribution in [1.29, 1.82) is 0 Å². The highest BCUT2D eigenvalue weighted by Gasteiger charge is 2.21. The number of carbonyl (C=O) groups excluding carboxylic acids is 1. The van der Waals surface area contributed by atoms with Crippen molar-refractivity contribution in [2.24, 2.45) is 0 Å². The molecule has 112 valence electrons. The van der Waals surface area contributed by atoms with Crippen LogP contribution in [0.25, 0.3) is 5.52 Å². The van der Waals surface area contributed by atoms with Gasteiger partial charge in [0.2, 0.25) is 5.91 Å². The lowest BCUT2D eigenvalue weighted by Crippen LogP contribution is -2.33. The maximum absolute atomic E-state index is 12.6. The number of pyridine rings is 1. The molecule has 1 amide bonds. The molecular weight excluding hydrogens is 294 g/mol. The smallest absolute Gasteiger partial charge is 0.240 e. The van der Waals surface area contributed by atoms with Gasteiger partial charge < -0.3 is 4.90 Å². The first-order valence-electron chi connectivity index (χ1n) is 7.08. The van der Waals surface area contributed by atoms with Crippen LogP contribution in [0.1, 0.15) is 6.92 Å². The summed E-state index contributed by atoms with van der Waals surface area (Å²) in [6, 6.07) is 15.6. The van der Waals surface area contributed by atoms with E-state index in [4.69, 9.17) is 0 Å². The highest BCUT2D eigenvalue weighted by molar-refractivity contribution is 8.00. The van der Waals surface area contributed by atoms with Gasteiger partial charge in [-0.05, 0) is 31.2 Å². The molecule has 0 fully saturated rings. The Morgan fingerprint density at radius 1 is 1.18 bits per heavy atom. The SMILES string of the molecule is C[C@H](Sc1ncc2ccccn12)C(=O)N(C)c1ccccc1. The number of para-hydroxylation sites is 1. The number of amides is 1. The van der Waals surface area contributed by atoms with Gasteiger partial charge in [0.25, 0.3) is 0 Å². The fourth-order valence-electron chi connectivity index (χ4n) is 2.27. The molecule has 5 heteroatoms. The Bertz CT molecular complexity index is 785. The number of rotatable bonds is 4. The molecule has 0 radical (unpaired) electrons. The zero-order chi connectivity index (χ0) is 15.5. The van der Waals surface area contributed by atoms with Gasteiger partial charge in [-0.2, -0.15) is 0 Å². The lowest BCUT2D eigenvalue weighted by atomic mass is 10.3. The molecule has 1 aromatic carbocycles. The zero-order valence-electron chi connectivity index (χ0n) is 12.5. The van der Waals surface area contributed by atoms with Crippen LogP contribution >= 0.6 is 11.8 Å². The van der Waals surface area contributed by atoms with Gasteiger partial charge >= 0.3 is 0 Å². The molecule has 3 rings (SSSR count). The first-order chi connectivity index (χ1) is 10.7. The number of imidazole rings is 1. The molecule has 2 aromatic heterocycles. The molecule has 2 heterocycles. The number of hydrogen-bond donors (Lipinski definition) is 0. The summed E-state index contributed by atoms with van der Waals surface area (Å²) >= 11 is 1.47. The molecule has 0 aliphatic rings. The van der Waals surface area contributed by atoms with Crippen molar-refractivity contribution in [3.05, 3.63) is 60.9 Å². The summed E-state index contributed by atoms with van der Waals surface area (Å²) in [5, 5.41) is 0.619. The minimum absolute atomic E-state index is 0.0591. The highest BCUT2D eigenvalue weighted by atomic mass is 32.2. The van der Waals surface area contributed by atoms with E-state index < -0.39 is 0 Å². The minimum Gasteiger partial charge on any atom is -0.315 e. The Morgan fingerprint density at radius 3 is 2.68 bits per heavy atom. The second-order valence-electron chi connectivity index (χ2n) is 5.03. The number of thioether (sulfide) groups is 1. The summed E-state index contributed by atoms with van der Waals surface area (Å²) in [4.78, 5) is 18.7. The lowest BCUT2D eigenvalue weighted by molar-refractivity contribution is -0.117. The summed E-state index contributed by atoms with van der Waals surface area (Å²) in [7, 11) is 1.80. The fourth-order valence-corrected chi connectivity index (χ4v) is 3.24. The molecule has 3 aromatic rings. The van der Waals surface area contributed by atoms with Crippen molar-refractivity contribution in [2.45, 2.75) is 17.3 Å². The first kappa shape index (κ1) is 14.7. The molecule has 0 aliphatic carbocycles. The monoisotopic (exact) mass is 311 g/mol. The molecular formula is C17H17N3OS. The Balaban J connectivity index is 1.76. The molecule has 0 unspecified atom stereocenters. The molecule has 0 bridgehead atoms. The van der Waals surface area contributed by atoms with Crippen molar-refractivity contribution in [3.63, 3.8) is 0 Å². The van der Waals surface area contributed by atoms with Crippen LogP contribution < -0.4 is 4.90 Å². The number of benzene rings is 1. The maximum Gasteiger partial charge on any atom is 0.240 e. The van der Waals surface area contributed by atoms with Gasteiger partial charge in [0, 0.05) is 18.9 Å². The molecule has 0 saturated heterocycles. The quantitative estimate of drug-likeness (QED) is 0.692. The van der Waals surface area contributed by atoms with Crippen LogP contribution in [0.3, 0.4) is 0 Å². The van der Waals surface area contributed by atoms with Gasteiger partial charge in [-0.3, -0.25) is 9.20 Å². The van der Waals surface area contributed by atoms with Gasteiger partial charge in [0.1, 0.15) is 0 Å². The van der Waals surface area contributed by atoms with Crippen molar-refractivity contribution in [3.8, 4) is 0 Å². The second kappa shape index (κ2) is 6.23. The third-order valence-corrected chi connectivity index (χ3v) is 4.58. The number of anilines is 1. The van der Waals surface area contributed by atoms with E-state index in [2.05, 4.69) is 4.98 Å². The number of hydrogen-bond acceptors (Lipinski definition) is 3. The van der Waals surface area contributed by atoms with Gasteiger partial charge in [0.15, 0.2) is 5.16 Å². The number of fused-ring (bicyclic) bond motifs is 1. The van der Waals surface area contributed by atoms with Gasteiger partial charge in [-0.1, -0.05) is 36.0 Å². The summed E-state index contributed by atoms with van der Waals surface area (Å²) < 4.78 is 2.00. The van der Waals surface area contributed by atoms with Crippen LogP contribution in [0.15, 0.2) is 66.1 Å². The van der Waals surface area contributed by atoms with E-state index in [1.165, 1.54) is 11.8 Å². The predicted molar refractivity (Wildman–Crippen MR) is 90.4 cm³/mol. The van der Waals surface area contributed by atoms with Gasteiger partial charge in [-0.25, -0.2) is 4.98 Å². The topological polar surface area (TPSA) is 37.6 Å². The maximum atomic E-state index is 12.6. The van der Waals surface area contributed by atoms with E-state index >= 15 is 0 Å². The Kier molecular flexibility index (Phi) is 4.15. The first-order valence-corrected chi connectivity index (χ1v) is 7.96. The van der Waals surface area contributed by atoms with E-state index in [-0.39, 0.29) is 11.2 Å². The summed E-state index contributed by atoms with van der Waals surface area (Å²) in [6.45, 7) is 1.91. The summed E-state index contributed by atoms with van der Waals surface area (Å²) in [5.74, 6) is 0.0591. The van der Waals surface area contributed by atoms with Crippen molar-refractivity contribution in [2.75, 3.05) is 11.9 Å². The summed E-state index contributed by atoms with van der Waals surface area (Å²) in [5.41, 5.74) is 1.92. The molecule has 0 saturated carbocycles. The molecule has 22 heavy (non-hydrogen) atoms. The van der Waals surface area contributed by atoms with Gasteiger partial charge in [-0.15, -0.1) is 0 Å². The lowest BCUT2D eigenvalue weighted by Gasteiger charge is -2.20. The zero-order valence-corrected chi connectivity index (χ0v) is 13.3. The largest absolute Gasteiger partial charge is 0.315 e. The number of nitrogens with zero attached hydrogens (tertiary/aromatic N) is 3. The van der Waals surface area contributed by atoms with Crippen LogP contribution in [0, 0.1) is 0 Å². The molecule has 1 atom stereocenters.